The van der Waals surface area contributed by atoms with E-state index < -0.39 is 0 Å². The summed E-state index contributed by atoms with van der Waals surface area (Å²) in [6.45, 7) is 4.81. The SMILES string of the molecule is CCNC(=NCc1cccc(-c2ncn[nH]2)c1)NCCOC. The molecule has 1 aromatic heterocycles. The standard InChI is InChI=1S/C15H22N6O/c1-3-16-15(17-7-8-22-2)18-10-12-5-4-6-13(9-12)14-19-11-20-21-14/h4-6,9,11H,3,7-8,10H2,1-2H3,(H2,16,17,18)(H,19,20,21). The van der Waals surface area contributed by atoms with Crippen molar-refractivity contribution in [2.24, 2.45) is 4.99 Å². The summed E-state index contributed by atoms with van der Waals surface area (Å²) in [5.41, 5.74) is 2.11. The van der Waals surface area contributed by atoms with Crippen LogP contribution in [-0.4, -0.2) is 47.9 Å². The van der Waals surface area contributed by atoms with E-state index in [0.29, 0.717) is 13.2 Å². The first-order valence-corrected chi connectivity index (χ1v) is 7.29. The molecule has 0 saturated carbocycles. The highest BCUT2D eigenvalue weighted by Crippen LogP contribution is 2.15. The zero-order valence-corrected chi connectivity index (χ0v) is 13.0. The van der Waals surface area contributed by atoms with Crippen LogP contribution < -0.4 is 10.6 Å². The van der Waals surface area contributed by atoms with Gasteiger partial charge < -0.3 is 15.4 Å². The van der Waals surface area contributed by atoms with Gasteiger partial charge in [0.1, 0.15) is 6.33 Å². The van der Waals surface area contributed by atoms with E-state index in [1.165, 1.54) is 6.33 Å². The topological polar surface area (TPSA) is 87.2 Å². The van der Waals surface area contributed by atoms with Crippen LogP contribution in [0.3, 0.4) is 0 Å². The fraction of sp³-hybridized carbons (Fsp3) is 0.400. The van der Waals surface area contributed by atoms with Gasteiger partial charge in [-0.25, -0.2) is 9.98 Å². The fourth-order valence-electron chi connectivity index (χ4n) is 1.95. The van der Waals surface area contributed by atoms with Gasteiger partial charge in [0.15, 0.2) is 11.8 Å². The number of rotatable bonds is 7. The number of H-pyrrole nitrogens is 1. The number of hydrogen-bond donors (Lipinski definition) is 3. The summed E-state index contributed by atoms with van der Waals surface area (Å²) in [6.07, 6.45) is 1.50. The summed E-state index contributed by atoms with van der Waals surface area (Å²) in [4.78, 5) is 8.73. The number of aromatic nitrogens is 3. The number of hydrogen-bond acceptors (Lipinski definition) is 4. The minimum atomic E-state index is 0.588. The smallest absolute Gasteiger partial charge is 0.191 e. The molecule has 3 N–H and O–H groups in total. The number of benzene rings is 1. The second kappa shape index (κ2) is 8.78. The summed E-state index contributed by atoms with van der Waals surface area (Å²) in [6, 6.07) is 8.09. The molecule has 7 heteroatoms. The average Bonchev–Trinajstić information content (AvgIpc) is 3.07. The molecule has 2 rings (SSSR count). The van der Waals surface area contributed by atoms with Gasteiger partial charge >= 0.3 is 0 Å². The molecule has 2 aromatic rings. The third-order valence-corrected chi connectivity index (χ3v) is 2.98. The number of ether oxygens (including phenoxy) is 1. The van der Waals surface area contributed by atoms with Gasteiger partial charge in [-0.1, -0.05) is 18.2 Å². The molecule has 7 nitrogen and oxygen atoms in total. The summed E-state index contributed by atoms with van der Waals surface area (Å²) >= 11 is 0. The van der Waals surface area contributed by atoms with Crippen LogP contribution in [0.15, 0.2) is 35.6 Å². The monoisotopic (exact) mass is 302 g/mol. The van der Waals surface area contributed by atoms with Crippen LogP contribution >= 0.6 is 0 Å². The molecular weight excluding hydrogens is 280 g/mol. The van der Waals surface area contributed by atoms with E-state index in [-0.39, 0.29) is 0 Å². The van der Waals surface area contributed by atoms with Gasteiger partial charge in [-0.15, -0.1) is 0 Å². The molecule has 1 aromatic carbocycles. The zero-order valence-electron chi connectivity index (χ0n) is 13.0. The largest absolute Gasteiger partial charge is 0.383 e. The molecule has 0 atom stereocenters. The Kier molecular flexibility index (Phi) is 6.38. The lowest BCUT2D eigenvalue weighted by Gasteiger charge is -2.10. The predicted molar refractivity (Wildman–Crippen MR) is 86.5 cm³/mol. The van der Waals surface area contributed by atoms with E-state index in [1.807, 2.05) is 25.1 Å². The van der Waals surface area contributed by atoms with Crippen molar-refractivity contribution in [2.45, 2.75) is 13.5 Å². The maximum absolute atomic E-state index is 5.03. The Labute approximate surface area is 130 Å². The number of guanidine groups is 1. The molecule has 0 aliphatic heterocycles. The van der Waals surface area contributed by atoms with Crippen LogP contribution in [0.5, 0.6) is 0 Å². The third kappa shape index (κ3) is 4.85. The normalized spacial score (nSPS) is 11.5. The first-order valence-electron chi connectivity index (χ1n) is 7.29. The predicted octanol–water partition coefficient (Wildman–Crippen LogP) is 1.17. The minimum Gasteiger partial charge on any atom is -0.383 e. The highest BCUT2D eigenvalue weighted by atomic mass is 16.5. The molecular formula is C15H22N6O. The Balaban J connectivity index is 2.01. The van der Waals surface area contributed by atoms with Crippen LogP contribution in [0.2, 0.25) is 0 Å². The molecule has 1 heterocycles. The van der Waals surface area contributed by atoms with Gasteiger partial charge in [0.05, 0.1) is 13.2 Å². The van der Waals surface area contributed by atoms with Gasteiger partial charge in [-0.2, -0.15) is 5.10 Å². The number of nitrogens with one attached hydrogen (secondary N) is 3. The molecule has 0 radical (unpaired) electrons. The second-order valence-electron chi connectivity index (χ2n) is 4.65. The molecule has 0 unspecified atom stereocenters. The average molecular weight is 302 g/mol. The van der Waals surface area contributed by atoms with Crippen molar-refractivity contribution in [2.75, 3.05) is 26.8 Å². The number of aromatic amines is 1. The molecule has 118 valence electrons. The van der Waals surface area contributed by atoms with E-state index in [1.54, 1.807) is 7.11 Å². The maximum atomic E-state index is 5.03. The molecule has 0 fully saturated rings. The summed E-state index contributed by atoms with van der Waals surface area (Å²) < 4.78 is 5.03. The molecule has 0 bridgehead atoms. The minimum absolute atomic E-state index is 0.588. The maximum Gasteiger partial charge on any atom is 0.191 e. The first kappa shape index (κ1) is 16.0. The van der Waals surface area contributed by atoms with Gasteiger partial charge in [0.25, 0.3) is 0 Å². The molecule has 0 amide bonds. The van der Waals surface area contributed by atoms with Crippen molar-refractivity contribution in [3.63, 3.8) is 0 Å². The van der Waals surface area contributed by atoms with Crippen LogP contribution in [-0.2, 0) is 11.3 Å². The summed E-state index contributed by atoms with van der Waals surface area (Å²) in [5, 5.41) is 13.2. The quantitative estimate of drug-likeness (QED) is 0.406. The highest BCUT2D eigenvalue weighted by molar-refractivity contribution is 5.79. The highest BCUT2D eigenvalue weighted by Gasteiger charge is 2.02. The van der Waals surface area contributed by atoms with Crippen LogP contribution in [0.4, 0.5) is 0 Å². The van der Waals surface area contributed by atoms with Gasteiger partial charge in [0.2, 0.25) is 0 Å². The van der Waals surface area contributed by atoms with E-state index in [4.69, 9.17) is 4.74 Å². The van der Waals surface area contributed by atoms with Crippen molar-refractivity contribution >= 4 is 5.96 Å². The van der Waals surface area contributed by atoms with Gasteiger partial charge in [-0.05, 0) is 18.6 Å². The second-order valence-corrected chi connectivity index (χ2v) is 4.65. The number of nitrogens with zero attached hydrogens (tertiary/aromatic N) is 3. The van der Waals surface area contributed by atoms with Crippen molar-refractivity contribution < 1.29 is 4.74 Å². The van der Waals surface area contributed by atoms with Crippen LogP contribution in [0.25, 0.3) is 11.4 Å². The van der Waals surface area contributed by atoms with E-state index in [0.717, 1.165) is 36.0 Å². The Morgan fingerprint density at radius 1 is 1.36 bits per heavy atom. The molecule has 0 saturated heterocycles. The van der Waals surface area contributed by atoms with Crippen molar-refractivity contribution in [1.82, 2.24) is 25.8 Å². The van der Waals surface area contributed by atoms with Crippen LogP contribution in [0, 0.1) is 0 Å². The Morgan fingerprint density at radius 3 is 3.00 bits per heavy atom. The first-order chi connectivity index (χ1) is 10.8. The summed E-state index contributed by atoms with van der Waals surface area (Å²) in [5.74, 6) is 1.54. The third-order valence-electron chi connectivity index (χ3n) is 2.98. The lowest BCUT2D eigenvalue weighted by molar-refractivity contribution is 0.203. The van der Waals surface area contributed by atoms with E-state index >= 15 is 0 Å². The lowest BCUT2D eigenvalue weighted by Crippen LogP contribution is -2.38. The molecule has 22 heavy (non-hydrogen) atoms. The van der Waals surface area contributed by atoms with Crippen molar-refractivity contribution in [1.29, 1.82) is 0 Å². The molecule has 0 spiro atoms. The van der Waals surface area contributed by atoms with Gasteiger partial charge in [0, 0.05) is 25.8 Å². The van der Waals surface area contributed by atoms with Crippen molar-refractivity contribution in [3.8, 4) is 11.4 Å². The van der Waals surface area contributed by atoms with E-state index in [2.05, 4.69) is 36.9 Å². The van der Waals surface area contributed by atoms with E-state index in [9.17, 15) is 0 Å². The van der Waals surface area contributed by atoms with Gasteiger partial charge in [-0.3, -0.25) is 5.10 Å². The Bertz CT molecular complexity index is 581. The lowest BCUT2D eigenvalue weighted by atomic mass is 10.1. The van der Waals surface area contributed by atoms with Crippen molar-refractivity contribution in [3.05, 3.63) is 36.2 Å². The number of methoxy groups -OCH3 is 1. The Hall–Kier alpha value is -2.41. The molecule has 0 aliphatic rings. The summed E-state index contributed by atoms with van der Waals surface area (Å²) in [7, 11) is 1.68. The zero-order chi connectivity index (χ0) is 15.6. The Morgan fingerprint density at radius 2 is 2.27 bits per heavy atom. The molecule has 0 aliphatic carbocycles. The van der Waals surface area contributed by atoms with Crippen LogP contribution in [0.1, 0.15) is 12.5 Å². The fourth-order valence-corrected chi connectivity index (χ4v) is 1.95. The number of aliphatic imine (C=N–C) groups is 1.